The highest BCUT2D eigenvalue weighted by atomic mass is 16.3. The van der Waals surface area contributed by atoms with Crippen molar-refractivity contribution >= 4 is 5.91 Å². The van der Waals surface area contributed by atoms with Crippen LogP contribution >= 0.6 is 0 Å². The molecule has 0 fully saturated rings. The minimum atomic E-state index is -0.210. The molecule has 1 amide bonds. The van der Waals surface area contributed by atoms with Crippen molar-refractivity contribution in [1.29, 1.82) is 0 Å². The zero-order valence-electron chi connectivity index (χ0n) is 7.81. The molecule has 1 aromatic rings. The van der Waals surface area contributed by atoms with E-state index < -0.39 is 0 Å². The van der Waals surface area contributed by atoms with Crippen LogP contribution in [-0.2, 0) is 0 Å². The third-order valence-electron chi connectivity index (χ3n) is 1.86. The van der Waals surface area contributed by atoms with Gasteiger partial charge in [0.2, 0.25) is 0 Å². The van der Waals surface area contributed by atoms with Gasteiger partial charge < -0.3 is 20.1 Å². The quantitative estimate of drug-likeness (QED) is 0.593. The van der Waals surface area contributed by atoms with Crippen molar-refractivity contribution in [2.75, 3.05) is 26.3 Å². The van der Waals surface area contributed by atoms with E-state index in [0.29, 0.717) is 5.69 Å². The molecule has 5 heteroatoms. The molecule has 14 heavy (non-hydrogen) atoms. The number of hydrogen-bond acceptors (Lipinski definition) is 3. The van der Waals surface area contributed by atoms with E-state index in [2.05, 4.69) is 4.98 Å². The summed E-state index contributed by atoms with van der Waals surface area (Å²) in [5.74, 6) is -0.210. The van der Waals surface area contributed by atoms with Gasteiger partial charge in [-0.25, -0.2) is 0 Å². The molecule has 1 heterocycles. The smallest absolute Gasteiger partial charge is 0.270 e. The highest BCUT2D eigenvalue weighted by Crippen LogP contribution is 2.01. The molecule has 0 aliphatic heterocycles. The number of hydrogen-bond donors (Lipinski definition) is 3. The maximum atomic E-state index is 11.7. The van der Waals surface area contributed by atoms with Crippen LogP contribution in [-0.4, -0.2) is 52.3 Å². The molecule has 3 N–H and O–H groups in total. The van der Waals surface area contributed by atoms with Gasteiger partial charge >= 0.3 is 0 Å². The first kappa shape index (κ1) is 10.7. The number of rotatable bonds is 5. The van der Waals surface area contributed by atoms with E-state index in [9.17, 15) is 4.79 Å². The fourth-order valence-electron chi connectivity index (χ4n) is 1.19. The molecule has 0 aromatic carbocycles. The summed E-state index contributed by atoms with van der Waals surface area (Å²) in [6, 6.07) is 3.38. The topological polar surface area (TPSA) is 76.6 Å². The third kappa shape index (κ3) is 2.58. The number of carbonyl (C=O) groups is 1. The van der Waals surface area contributed by atoms with Crippen molar-refractivity contribution in [2.24, 2.45) is 0 Å². The van der Waals surface area contributed by atoms with E-state index in [-0.39, 0.29) is 32.2 Å². The lowest BCUT2D eigenvalue weighted by atomic mass is 10.3. The van der Waals surface area contributed by atoms with Gasteiger partial charge in [-0.3, -0.25) is 4.79 Å². The SMILES string of the molecule is O=C(c1ccc[nH]1)N(CCO)CCO. The Balaban J connectivity index is 2.63. The number of nitrogens with one attached hydrogen (secondary N) is 1. The molecule has 0 unspecified atom stereocenters. The summed E-state index contributed by atoms with van der Waals surface area (Å²) in [4.78, 5) is 15.8. The molecule has 0 spiro atoms. The van der Waals surface area contributed by atoms with Crippen molar-refractivity contribution in [1.82, 2.24) is 9.88 Å². The Bertz CT molecular complexity index is 266. The monoisotopic (exact) mass is 198 g/mol. The molecule has 0 atom stereocenters. The summed E-state index contributed by atoms with van der Waals surface area (Å²) >= 11 is 0. The lowest BCUT2D eigenvalue weighted by Gasteiger charge is -2.19. The van der Waals surface area contributed by atoms with E-state index in [1.807, 2.05) is 0 Å². The van der Waals surface area contributed by atoms with Crippen LogP contribution in [0.1, 0.15) is 10.5 Å². The largest absolute Gasteiger partial charge is 0.395 e. The number of nitrogens with zero attached hydrogens (tertiary/aromatic N) is 1. The Morgan fingerprint density at radius 3 is 2.43 bits per heavy atom. The molecule has 5 nitrogen and oxygen atoms in total. The van der Waals surface area contributed by atoms with Crippen LogP contribution < -0.4 is 0 Å². The lowest BCUT2D eigenvalue weighted by Crippen LogP contribution is -2.36. The Morgan fingerprint density at radius 1 is 1.36 bits per heavy atom. The Labute approximate surface area is 82.0 Å². The number of aliphatic hydroxyl groups is 2. The van der Waals surface area contributed by atoms with E-state index >= 15 is 0 Å². The van der Waals surface area contributed by atoms with Crippen molar-refractivity contribution in [3.8, 4) is 0 Å². The van der Waals surface area contributed by atoms with Crippen LogP contribution in [0.25, 0.3) is 0 Å². The molecule has 0 saturated heterocycles. The number of aliphatic hydroxyl groups excluding tert-OH is 2. The number of H-pyrrole nitrogens is 1. The van der Waals surface area contributed by atoms with Crippen LogP contribution in [0.5, 0.6) is 0 Å². The summed E-state index contributed by atoms with van der Waals surface area (Å²) in [7, 11) is 0. The number of carbonyl (C=O) groups excluding carboxylic acids is 1. The van der Waals surface area contributed by atoms with Gasteiger partial charge in [0.15, 0.2) is 0 Å². The summed E-state index contributed by atoms with van der Waals surface area (Å²) in [5.41, 5.74) is 0.465. The van der Waals surface area contributed by atoms with E-state index in [1.165, 1.54) is 4.90 Å². The van der Waals surface area contributed by atoms with Crippen molar-refractivity contribution in [3.63, 3.8) is 0 Å². The summed E-state index contributed by atoms with van der Waals surface area (Å²) in [6.45, 7) is 0.260. The second-order valence-electron chi connectivity index (χ2n) is 2.82. The van der Waals surface area contributed by atoms with Gasteiger partial charge in [0.1, 0.15) is 5.69 Å². The Kier molecular flexibility index (Phi) is 4.15. The van der Waals surface area contributed by atoms with Gasteiger partial charge in [0.25, 0.3) is 5.91 Å². The molecule has 0 aliphatic rings. The summed E-state index contributed by atoms with van der Waals surface area (Å²) in [6.07, 6.45) is 1.66. The second kappa shape index (κ2) is 5.41. The molecule has 0 bridgehead atoms. The van der Waals surface area contributed by atoms with Crippen molar-refractivity contribution in [3.05, 3.63) is 24.0 Å². The first-order valence-electron chi connectivity index (χ1n) is 4.44. The molecule has 0 saturated carbocycles. The van der Waals surface area contributed by atoms with Crippen molar-refractivity contribution in [2.45, 2.75) is 0 Å². The van der Waals surface area contributed by atoms with Gasteiger partial charge in [0.05, 0.1) is 13.2 Å². The van der Waals surface area contributed by atoms with Gasteiger partial charge in [-0.1, -0.05) is 0 Å². The molecule has 78 valence electrons. The predicted molar refractivity (Wildman–Crippen MR) is 50.9 cm³/mol. The first-order chi connectivity index (χ1) is 6.79. The van der Waals surface area contributed by atoms with Crippen molar-refractivity contribution < 1.29 is 15.0 Å². The van der Waals surface area contributed by atoms with Crippen LogP contribution in [0.15, 0.2) is 18.3 Å². The van der Waals surface area contributed by atoms with E-state index in [0.717, 1.165) is 0 Å². The molecular formula is C9H14N2O3. The predicted octanol–water partition coefficient (Wildman–Crippen LogP) is -0.559. The molecular weight excluding hydrogens is 184 g/mol. The van der Waals surface area contributed by atoms with Gasteiger partial charge in [0, 0.05) is 19.3 Å². The number of amides is 1. The minimum Gasteiger partial charge on any atom is -0.395 e. The lowest BCUT2D eigenvalue weighted by molar-refractivity contribution is 0.0679. The van der Waals surface area contributed by atoms with E-state index in [4.69, 9.17) is 10.2 Å². The van der Waals surface area contributed by atoms with Crippen LogP contribution in [0.2, 0.25) is 0 Å². The third-order valence-corrected chi connectivity index (χ3v) is 1.86. The first-order valence-corrected chi connectivity index (χ1v) is 4.44. The van der Waals surface area contributed by atoms with Gasteiger partial charge in [-0.15, -0.1) is 0 Å². The fourth-order valence-corrected chi connectivity index (χ4v) is 1.19. The standard InChI is InChI=1S/C9H14N2O3/c12-6-4-11(5-7-13)9(14)8-2-1-3-10-8/h1-3,10,12-13H,4-7H2. The van der Waals surface area contributed by atoms with Crippen LogP contribution in [0.3, 0.4) is 0 Å². The Morgan fingerprint density at radius 2 is 2.00 bits per heavy atom. The molecule has 0 aliphatic carbocycles. The average molecular weight is 198 g/mol. The highest BCUT2D eigenvalue weighted by Gasteiger charge is 2.14. The summed E-state index contributed by atoms with van der Waals surface area (Å²) in [5, 5.41) is 17.4. The molecule has 1 rings (SSSR count). The van der Waals surface area contributed by atoms with Crippen LogP contribution in [0, 0.1) is 0 Å². The number of aromatic nitrogens is 1. The second-order valence-corrected chi connectivity index (χ2v) is 2.82. The maximum Gasteiger partial charge on any atom is 0.270 e. The van der Waals surface area contributed by atoms with Gasteiger partial charge in [-0.05, 0) is 12.1 Å². The van der Waals surface area contributed by atoms with Gasteiger partial charge in [-0.2, -0.15) is 0 Å². The highest BCUT2D eigenvalue weighted by molar-refractivity contribution is 5.92. The normalized spacial score (nSPS) is 10.1. The fraction of sp³-hybridized carbons (Fsp3) is 0.444. The average Bonchev–Trinajstić information content (AvgIpc) is 2.69. The zero-order valence-corrected chi connectivity index (χ0v) is 7.81. The van der Waals surface area contributed by atoms with Crippen LogP contribution in [0.4, 0.5) is 0 Å². The number of aromatic amines is 1. The Hall–Kier alpha value is -1.33. The van der Waals surface area contributed by atoms with E-state index in [1.54, 1.807) is 18.3 Å². The molecule has 0 radical (unpaired) electrons. The molecule has 1 aromatic heterocycles. The minimum absolute atomic E-state index is 0.105. The maximum absolute atomic E-state index is 11.7. The summed E-state index contributed by atoms with van der Waals surface area (Å²) < 4.78 is 0. The zero-order chi connectivity index (χ0) is 10.4.